The molecule has 1 aromatic heterocycles. The molecule has 1 fully saturated rings. The molecule has 4 nitrogen and oxygen atoms in total. The molecule has 0 spiro atoms. The highest BCUT2D eigenvalue weighted by Gasteiger charge is 2.28. The van der Waals surface area contributed by atoms with Gasteiger partial charge in [-0.2, -0.15) is 0 Å². The van der Waals surface area contributed by atoms with Gasteiger partial charge in [0.2, 0.25) is 5.91 Å². The lowest BCUT2D eigenvalue weighted by Crippen LogP contribution is -2.26. The molecule has 5 heteroatoms. The summed E-state index contributed by atoms with van der Waals surface area (Å²) in [5.74, 6) is 0.680. The van der Waals surface area contributed by atoms with E-state index in [9.17, 15) is 9.18 Å². The first-order chi connectivity index (χ1) is 13.6. The molecule has 142 valence electrons. The second kappa shape index (κ2) is 7.89. The minimum atomic E-state index is -0.226. The fourth-order valence-corrected chi connectivity index (χ4v) is 3.84. The van der Waals surface area contributed by atoms with Crippen LogP contribution in [0.15, 0.2) is 61.2 Å². The van der Waals surface area contributed by atoms with E-state index >= 15 is 0 Å². The highest BCUT2D eigenvalue weighted by atomic mass is 19.1. The van der Waals surface area contributed by atoms with Crippen LogP contribution in [0.4, 0.5) is 4.39 Å². The fourth-order valence-electron chi connectivity index (χ4n) is 3.84. The summed E-state index contributed by atoms with van der Waals surface area (Å²) in [7, 11) is 0. The molecule has 1 aliphatic rings. The number of benzene rings is 2. The van der Waals surface area contributed by atoms with Gasteiger partial charge < -0.3 is 4.90 Å². The SMILES string of the molecule is C=CC(=O)N1CCC(c2nc(CCc3cccc(F)c3)nc3ccccc23)C1. The fraction of sp³-hybridized carbons (Fsp3) is 0.261. The smallest absolute Gasteiger partial charge is 0.245 e. The van der Waals surface area contributed by atoms with Crippen LogP contribution in [0.3, 0.4) is 0 Å². The molecule has 2 heterocycles. The first-order valence-electron chi connectivity index (χ1n) is 9.55. The Morgan fingerprint density at radius 1 is 1.18 bits per heavy atom. The van der Waals surface area contributed by atoms with E-state index in [1.54, 1.807) is 12.1 Å². The number of hydrogen-bond donors (Lipinski definition) is 0. The molecule has 0 bridgehead atoms. The van der Waals surface area contributed by atoms with Gasteiger partial charge in [-0.15, -0.1) is 0 Å². The van der Waals surface area contributed by atoms with Gasteiger partial charge in [-0.25, -0.2) is 14.4 Å². The predicted octanol–water partition coefficient (Wildman–Crippen LogP) is 4.06. The van der Waals surface area contributed by atoms with Crippen molar-refractivity contribution in [2.75, 3.05) is 13.1 Å². The number of carbonyl (C=O) groups is 1. The largest absolute Gasteiger partial charge is 0.338 e. The number of halogens is 1. The molecule has 0 radical (unpaired) electrons. The monoisotopic (exact) mass is 375 g/mol. The van der Waals surface area contributed by atoms with E-state index < -0.39 is 0 Å². The Morgan fingerprint density at radius 2 is 2.04 bits per heavy atom. The predicted molar refractivity (Wildman–Crippen MR) is 107 cm³/mol. The zero-order chi connectivity index (χ0) is 19.5. The van der Waals surface area contributed by atoms with Crippen molar-refractivity contribution in [3.63, 3.8) is 0 Å². The van der Waals surface area contributed by atoms with E-state index in [0.717, 1.165) is 34.4 Å². The molecule has 1 saturated heterocycles. The Kier molecular flexibility index (Phi) is 5.15. The van der Waals surface area contributed by atoms with Crippen LogP contribution in [0.25, 0.3) is 10.9 Å². The summed E-state index contributed by atoms with van der Waals surface area (Å²) in [4.78, 5) is 23.4. The summed E-state index contributed by atoms with van der Waals surface area (Å²) in [5, 5.41) is 1.04. The van der Waals surface area contributed by atoms with Crippen molar-refractivity contribution in [2.24, 2.45) is 0 Å². The Morgan fingerprint density at radius 3 is 2.86 bits per heavy atom. The van der Waals surface area contributed by atoms with Gasteiger partial charge in [0.1, 0.15) is 11.6 Å². The molecule has 0 N–H and O–H groups in total. The number of nitrogens with zero attached hydrogens (tertiary/aromatic N) is 3. The van der Waals surface area contributed by atoms with E-state index in [1.165, 1.54) is 12.1 Å². The molecule has 28 heavy (non-hydrogen) atoms. The molecule has 1 atom stereocenters. The van der Waals surface area contributed by atoms with Crippen LogP contribution in [0.1, 0.15) is 29.4 Å². The standard InChI is InChI=1S/C23H22FN3O/c1-2-22(28)27-13-12-17(15-27)23-19-8-3-4-9-20(19)25-21(26-23)11-10-16-6-5-7-18(24)14-16/h2-9,14,17H,1,10-13,15H2. The molecule has 4 rings (SSSR count). The Hall–Kier alpha value is -3.08. The minimum absolute atomic E-state index is 0.0350. The molecule has 1 amide bonds. The van der Waals surface area contributed by atoms with Crippen LogP contribution >= 0.6 is 0 Å². The summed E-state index contributed by atoms with van der Waals surface area (Å²) < 4.78 is 13.4. The lowest BCUT2D eigenvalue weighted by Gasteiger charge is -2.16. The van der Waals surface area contributed by atoms with Crippen LogP contribution in [-0.2, 0) is 17.6 Å². The third kappa shape index (κ3) is 3.79. The summed E-state index contributed by atoms with van der Waals surface area (Å²) in [6.45, 7) is 4.95. The average Bonchev–Trinajstić information content (AvgIpc) is 3.21. The number of carbonyl (C=O) groups excluding carboxylic acids is 1. The second-order valence-corrected chi connectivity index (χ2v) is 7.15. The zero-order valence-corrected chi connectivity index (χ0v) is 15.6. The summed E-state index contributed by atoms with van der Waals surface area (Å²) >= 11 is 0. The van der Waals surface area contributed by atoms with Gasteiger partial charge in [-0.05, 0) is 42.7 Å². The lowest BCUT2D eigenvalue weighted by molar-refractivity contribution is -0.125. The van der Waals surface area contributed by atoms with Crippen LogP contribution in [0.5, 0.6) is 0 Å². The Balaban J connectivity index is 1.62. The molecule has 0 aliphatic carbocycles. The minimum Gasteiger partial charge on any atom is -0.338 e. The number of aryl methyl sites for hydroxylation is 2. The molecular weight excluding hydrogens is 353 g/mol. The van der Waals surface area contributed by atoms with Crippen LogP contribution in [-0.4, -0.2) is 33.9 Å². The maximum absolute atomic E-state index is 13.4. The van der Waals surface area contributed by atoms with Gasteiger partial charge in [-0.3, -0.25) is 4.79 Å². The van der Waals surface area contributed by atoms with Crippen molar-refractivity contribution in [2.45, 2.75) is 25.2 Å². The normalized spacial score (nSPS) is 16.5. The summed E-state index contributed by atoms with van der Waals surface area (Å²) in [5.41, 5.74) is 2.84. The van der Waals surface area contributed by atoms with Gasteiger partial charge >= 0.3 is 0 Å². The van der Waals surface area contributed by atoms with Crippen molar-refractivity contribution in [3.8, 4) is 0 Å². The molecule has 0 saturated carbocycles. The first-order valence-corrected chi connectivity index (χ1v) is 9.55. The van der Waals surface area contributed by atoms with Crippen molar-refractivity contribution in [1.82, 2.24) is 14.9 Å². The van der Waals surface area contributed by atoms with Crippen LogP contribution in [0, 0.1) is 5.82 Å². The van der Waals surface area contributed by atoms with Crippen LogP contribution in [0.2, 0.25) is 0 Å². The quantitative estimate of drug-likeness (QED) is 0.632. The third-order valence-electron chi connectivity index (χ3n) is 5.27. The maximum Gasteiger partial charge on any atom is 0.245 e. The van der Waals surface area contributed by atoms with Gasteiger partial charge in [0.25, 0.3) is 0 Å². The number of para-hydroxylation sites is 1. The van der Waals surface area contributed by atoms with Gasteiger partial charge in [0.05, 0.1) is 11.2 Å². The van der Waals surface area contributed by atoms with E-state index in [0.29, 0.717) is 25.9 Å². The van der Waals surface area contributed by atoms with Gasteiger partial charge in [-0.1, -0.05) is 36.9 Å². The lowest BCUT2D eigenvalue weighted by atomic mass is 9.99. The number of fused-ring (bicyclic) bond motifs is 1. The number of likely N-dealkylation sites (tertiary alicyclic amines) is 1. The molecule has 2 aromatic carbocycles. The number of amides is 1. The Labute approximate surface area is 163 Å². The number of aromatic nitrogens is 2. The van der Waals surface area contributed by atoms with E-state index in [1.807, 2.05) is 35.2 Å². The van der Waals surface area contributed by atoms with E-state index in [2.05, 4.69) is 6.58 Å². The number of hydrogen-bond acceptors (Lipinski definition) is 3. The molecule has 1 unspecified atom stereocenters. The van der Waals surface area contributed by atoms with Gasteiger partial charge in [0.15, 0.2) is 0 Å². The van der Waals surface area contributed by atoms with Crippen molar-refractivity contribution < 1.29 is 9.18 Å². The van der Waals surface area contributed by atoms with Crippen molar-refractivity contribution in [3.05, 3.63) is 84.1 Å². The topological polar surface area (TPSA) is 46.1 Å². The molecule has 3 aromatic rings. The van der Waals surface area contributed by atoms with Crippen molar-refractivity contribution >= 4 is 16.8 Å². The highest BCUT2D eigenvalue weighted by molar-refractivity contribution is 5.87. The van der Waals surface area contributed by atoms with Gasteiger partial charge in [0, 0.05) is 30.8 Å². The molecule has 1 aliphatic heterocycles. The second-order valence-electron chi connectivity index (χ2n) is 7.15. The molecular formula is C23H22FN3O. The summed E-state index contributed by atoms with van der Waals surface area (Å²) in [6.07, 6.45) is 3.57. The highest BCUT2D eigenvalue weighted by Crippen LogP contribution is 2.31. The summed E-state index contributed by atoms with van der Waals surface area (Å²) in [6, 6.07) is 14.6. The number of rotatable bonds is 5. The first kappa shape index (κ1) is 18.3. The van der Waals surface area contributed by atoms with Crippen molar-refractivity contribution in [1.29, 1.82) is 0 Å². The van der Waals surface area contributed by atoms with E-state index in [4.69, 9.17) is 9.97 Å². The van der Waals surface area contributed by atoms with E-state index in [-0.39, 0.29) is 17.6 Å². The van der Waals surface area contributed by atoms with Crippen LogP contribution < -0.4 is 0 Å². The zero-order valence-electron chi connectivity index (χ0n) is 15.6. The average molecular weight is 375 g/mol. The third-order valence-corrected chi connectivity index (χ3v) is 5.27. The Bertz CT molecular complexity index is 1030. The maximum atomic E-state index is 13.4.